The number of benzene rings is 2. The fourth-order valence-corrected chi connectivity index (χ4v) is 2.89. The first-order chi connectivity index (χ1) is 10.6. The molecule has 1 amide bonds. The Morgan fingerprint density at radius 2 is 2.00 bits per heavy atom. The largest absolute Gasteiger partial charge is 0.325 e. The average Bonchev–Trinajstić information content (AvgIpc) is 2.54. The summed E-state index contributed by atoms with van der Waals surface area (Å²) in [6.07, 6.45) is 3.57. The number of nitrogens with one attached hydrogen (secondary N) is 1. The van der Waals surface area contributed by atoms with Crippen molar-refractivity contribution in [1.29, 1.82) is 0 Å². The maximum absolute atomic E-state index is 12.4. The van der Waals surface area contributed by atoms with Gasteiger partial charge < -0.3 is 5.32 Å². The van der Waals surface area contributed by atoms with Crippen molar-refractivity contribution in [2.75, 3.05) is 5.32 Å². The molecule has 0 bridgehead atoms. The van der Waals surface area contributed by atoms with Crippen LogP contribution in [0.5, 0.6) is 0 Å². The van der Waals surface area contributed by atoms with Crippen LogP contribution in [-0.4, -0.2) is 10.9 Å². The number of fused-ring (bicyclic) bond motifs is 1. The number of anilines is 1. The van der Waals surface area contributed by atoms with Gasteiger partial charge in [-0.2, -0.15) is 0 Å². The van der Waals surface area contributed by atoms with Gasteiger partial charge in [0, 0.05) is 23.5 Å². The Kier molecular flexibility index (Phi) is 4.38. The van der Waals surface area contributed by atoms with Gasteiger partial charge in [0.25, 0.3) is 0 Å². The standard InChI is InChI=1S/C18H15IN2O/c1-12-3-2-4-14(9-12)17(19)18(22)21-16-6-5-15-11-20-8-7-13(15)10-16/h2-11,17H,1H3,(H,21,22)/t17-/m1/s1. The lowest BCUT2D eigenvalue weighted by molar-refractivity contribution is -0.115. The van der Waals surface area contributed by atoms with Crippen molar-refractivity contribution < 1.29 is 4.79 Å². The number of rotatable bonds is 3. The average molecular weight is 402 g/mol. The molecule has 110 valence electrons. The van der Waals surface area contributed by atoms with Crippen molar-refractivity contribution in [3.8, 4) is 0 Å². The number of alkyl halides is 1. The molecule has 0 spiro atoms. The molecule has 2 aromatic carbocycles. The highest BCUT2D eigenvalue weighted by Crippen LogP contribution is 2.26. The number of carbonyl (C=O) groups excluding carboxylic acids is 1. The number of carbonyl (C=O) groups is 1. The molecule has 0 unspecified atom stereocenters. The van der Waals surface area contributed by atoms with Gasteiger partial charge in [0.05, 0.1) is 0 Å². The van der Waals surface area contributed by atoms with Crippen molar-refractivity contribution in [1.82, 2.24) is 4.98 Å². The van der Waals surface area contributed by atoms with Crippen LogP contribution in [0.2, 0.25) is 0 Å². The lowest BCUT2D eigenvalue weighted by Crippen LogP contribution is -2.16. The Morgan fingerprint density at radius 1 is 1.14 bits per heavy atom. The van der Waals surface area contributed by atoms with Crippen molar-refractivity contribution in [3.63, 3.8) is 0 Å². The van der Waals surface area contributed by atoms with Gasteiger partial charge in [0.15, 0.2) is 0 Å². The molecule has 0 saturated carbocycles. The summed E-state index contributed by atoms with van der Waals surface area (Å²) in [4.78, 5) is 16.5. The maximum atomic E-state index is 12.4. The van der Waals surface area contributed by atoms with Crippen LogP contribution in [-0.2, 0) is 4.79 Å². The van der Waals surface area contributed by atoms with Crippen LogP contribution in [0.4, 0.5) is 5.69 Å². The first-order valence-corrected chi connectivity index (χ1v) is 8.23. The second-order valence-electron chi connectivity index (χ2n) is 5.20. The van der Waals surface area contributed by atoms with Crippen molar-refractivity contribution in [3.05, 3.63) is 72.1 Å². The minimum Gasteiger partial charge on any atom is -0.325 e. The molecule has 0 fully saturated rings. The topological polar surface area (TPSA) is 42.0 Å². The summed E-state index contributed by atoms with van der Waals surface area (Å²) >= 11 is 2.17. The van der Waals surface area contributed by atoms with Gasteiger partial charge in [-0.05, 0) is 36.1 Å². The summed E-state index contributed by atoms with van der Waals surface area (Å²) in [5.74, 6) is -0.0143. The van der Waals surface area contributed by atoms with Gasteiger partial charge in [0.2, 0.25) is 5.91 Å². The molecule has 1 heterocycles. The first-order valence-electron chi connectivity index (χ1n) is 6.99. The molecule has 22 heavy (non-hydrogen) atoms. The molecule has 1 aromatic heterocycles. The minimum atomic E-state index is -0.217. The van der Waals surface area contributed by atoms with E-state index in [1.165, 1.54) is 0 Å². The van der Waals surface area contributed by atoms with Gasteiger partial charge in [-0.25, -0.2) is 0 Å². The van der Waals surface area contributed by atoms with E-state index in [-0.39, 0.29) is 9.83 Å². The molecule has 3 nitrogen and oxygen atoms in total. The fraction of sp³-hybridized carbons (Fsp3) is 0.111. The van der Waals surface area contributed by atoms with E-state index in [0.29, 0.717) is 0 Å². The first kappa shape index (κ1) is 15.0. The van der Waals surface area contributed by atoms with E-state index >= 15 is 0 Å². The van der Waals surface area contributed by atoms with E-state index < -0.39 is 0 Å². The number of aryl methyl sites for hydroxylation is 1. The summed E-state index contributed by atoms with van der Waals surface area (Å²) in [6, 6.07) is 15.8. The summed E-state index contributed by atoms with van der Waals surface area (Å²) in [5, 5.41) is 5.11. The van der Waals surface area contributed by atoms with E-state index in [2.05, 4.69) is 32.9 Å². The zero-order valence-corrected chi connectivity index (χ0v) is 14.2. The number of hydrogen-bond donors (Lipinski definition) is 1. The van der Waals surface area contributed by atoms with Crippen LogP contribution < -0.4 is 5.32 Å². The predicted octanol–water partition coefficient (Wildman–Crippen LogP) is 4.66. The Balaban J connectivity index is 1.80. The Labute approximate surface area is 142 Å². The normalized spacial score (nSPS) is 12.1. The lowest BCUT2D eigenvalue weighted by atomic mass is 10.1. The van der Waals surface area contributed by atoms with Gasteiger partial charge in [-0.15, -0.1) is 0 Å². The van der Waals surface area contributed by atoms with Gasteiger partial charge in [-0.1, -0.05) is 58.5 Å². The third kappa shape index (κ3) is 3.27. The van der Waals surface area contributed by atoms with Gasteiger partial charge in [-0.3, -0.25) is 9.78 Å². The molecule has 3 aromatic rings. The molecule has 4 heteroatoms. The van der Waals surface area contributed by atoms with Gasteiger partial charge in [0.1, 0.15) is 3.92 Å². The number of halogens is 1. The quantitative estimate of drug-likeness (QED) is 0.512. The second-order valence-corrected chi connectivity index (χ2v) is 6.45. The van der Waals surface area contributed by atoms with Crippen LogP contribution >= 0.6 is 22.6 Å². The Bertz CT molecular complexity index is 832. The highest BCUT2D eigenvalue weighted by atomic mass is 127. The number of hydrogen-bond acceptors (Lipinski definition) is 2. The predicted molar refractivity (Wildman–Crippen MR) is 98.3 cm³/mol. The van der Waals surface area contributed by atoms with E-state index in [4.69, 9.17) is 0 Å². The lowest BCUT2D eigenvalue weighted by Gasteiger charge is -2.12. The highest BCUT2D eigenvalue weighted by molar-refractivity contribution is 14.1. The number of aromatic nitrogens is 1. The molecule has 1 N–H and O–H groups in total. The van der Waals surface area contributed by atoms with Crippen LogP contribution in [0, 0.1) is 6.92 Å². The SMILES string of the molecule is Cc1cccc([C@@H](I)C(=O)Nc2ccc3cnccc3c2)c1. The molecule has 0 aliphatic carbocycles. The third-order valence-electron chi connectivity index (χ3n) is 3.47. The summed E-state index contributed by atoms with van der Waals surface area (Å²) in [5.41, 5.74) is 2.98. The van der Waals surface area contributed by atoms with Gasteiger partial charge >= 0.3 is 0 Å². The van der Waals surface area contributed by atoms with Crippen LogP contribution in [0.3, 0.4) is 0 Å². The summed E-state index contributed by atoms with van der Waals surface area (Å²) in [7, 11) is 0. The molecule has 0 aliphatic heterocycles. The number of nitrogens with zero attached hydrogens (tertiary/aromatic N) is 1. The molecule has 0 aliphatic rings. The minimum absolute atomic E-state index is 0.0143. The van der Waals surface area contributed by atoms with E-state index in [9.17, 15) is 4.79 Å². The zero-order chi connectivity index (χ0) is 15.5. The molecule has 0 saturated heterocycles. The smallest absolute Gasteiger partial charge is 0.241 e. The van der Waals surface area contributed by atoms with Crippen LogP contribution in [0.1, 0.15) is 15.1 Å². The maximum Gasteiger partial charge on any atom is 0.241 e. The third-order valence-corrected chi connectivity index (χ3v) is 4.76. The fourth-order valence-electron chi connectivity index (χ4n) is 2.35. The van der Waals surface area contributed by atoms with E-state index in [1.807, 2.05) is 61.7 Å². The highest BCUT2D eigenvalue weighted by Gasteiger charge is 2.17. The van der Waals surface area contributed by atoms with Crippen LogP contribution in [0.25, 0.3) is 10.8 Å². The molecule has 0 radical (unpaired) electrons. The molecule has 3 rings (SSSR count). The Morgan fingerprint density at radius 3 is 2.82 bits per heavy atom. The van der Waals surface area contributed by atoms with E-state index in [1.54, 1.807) is 6.20 Å². The molecule has 1 atom stereocenters. The van der Waals surface area contributed by atoms with Crippen molar-refractivity contribution in [2.45, 2.75) is 10.8 Å². The van der Waals surface area contributed by atoms with Crippen molar-refractivity contribution in [2.24, 2.45) is 0 Å². The van der Waals surface area contributed by atoms with Crippen LogP contribution in [0.15, 0.2) is 60.9 Å². The monoisotopic (exact) mass is 402 g/mol. The summed E-state index contributed by atoms with van der Waals surface area (Å²) < 4.78 is -0.217. The van der Waals surface area contributed by atoms with E-state index in [0.717, 1.165) is 27.6 Å². The zero-order valence-electron chi connectivity index (χ0n) is 12.1. The second kappa shape index (κ2) is 6.44. The number of pyridine rings is 1. The van der Waals surface area contributed by atoms with Crippen molar-refractivity contribution >= 4 is 45.0 Å². The molecular weight excluding hydrogens is 387 g/mol. The number of amides is 1. The summed E-state index contributed by atoms with van der Waals surface area (Å²) in [6.45, 7) is 2.03. The Hall–Kier alpha value is -1.95. The molecular formula is C18H15IN2O.